The van der Waals surface area contributed by atoms with Crippen molar-refractivity contribution in [2.75, 3.05) is 20.8 Å². The van der Waals surface area contributed by atoms with Gasteiger partial charge in [-0.1, -0.05) is 19.9 Å². The van der Waals surface area contributed by atoms with Gasteiger partial charge in [-0.3, -0.25) is 4.79 Å². The number of aromatic nitrogens is 1. The topological polar surface area (TPSA) is 77.8 Å². The maximum atomic E-state index is 12.4. The first kappa shape index (κ1) is 21.1. The molecule has 3 rings (SSSR count). The maximum absolute atomic E-state index is 12.4. The van der Waals surface area contributed by atoms with Crippen molar-refractivity contribution in [1.29, 1.82) is 0 Å². The van der Waals surface area contributed by atoms with Gasteiger partial charge >= 0.3 is 5.97 Å². The predicted octanol–water partition coefficient (Wildman–Crippen LogP) is 3.94. The first-order chi connectivity index (χ1) is 13.9. The lowest BCUT2D eigenvalue weighted by Crippen LogP contribution is -2.28. The molecule has 0 spiro atoms. The molecule has 1 aromatic heterocycles. The number of ether oxygens (including phenoxy) is 2. The first-order valence-corrected chi connectivity index (χ1v) is 10.1. The van der Waals surface area contributed by atoms with Crippen LogP contribution in [0.25, 0.3) is 11.3 Å². The smallest absolute Gasteiger partial charge is 0.341 e. The molecular weight excluding hydrogens is 370 g/mol. The van der Waals surface area contributed by atoms with Gasteiger partial charge in [0.15, 0.2) is 5.43 Å². The highest BCUT2D eigenvalue weighted by molar-refractivity contribution is 5.87. The molecule has 0 saturated heterocycles. The van der Waals surface area contributed by atoms with E-state index >= 15 is 0 Å². The molecule has 0 bridgehead atoms. The van der Waals surface area contributed by atoms with E-state index in [9.17, 15) is 14.7 Å². The van der Waals surface area contributed by atoms with Crippen molar-refractivity contribution in [3.05, 3.63) is 51.3 Å². The number of rotatable bonds is 8. The monoisotopic (exact) mass is 399 g/mol. The number of fused-ring (bicyclic) bond motifs is 3. The van der Waals surface area contributed by atoms with Crippen molar-refractivity contribution >= 4 is 5.97 Å². The SMILES string of the molecule is COCCCCc1cc2c(cc1OC)-c1cc(=O)c(C(=O)O)cn1[C@@H](C(C)C)C2. The minimum Gasteiger partial charge on any atom is -0.496 e. The Morgan fingerprint density at radius 1 is 1.24 bits per heavy atom. The molecule has 2 aromatic rings. The summed E-state index contributed by atoms with van der Waals surface area (Å²) in [7, 11) is 3.36. The number of pyridine rings is 1. The van der Waals surface area contributed by atoms with Crippen LogP contribution in [-0.4, -0.2) is 36.5 Å². The molecule has 156 valence electrons. The van der Waals surface area contributed by atoms with Crippen molar-refractivity contribution < 1.29 is 19.4 Å². The second kappa shape index (κ2) is 8.82. The Balaban J connectivity index is 2.10. The van der Waals surface area contributed by atoms with Crippen LogP contribution >= 0.6 is 0 Å². The third-order valence-corrected chi connectivity index (χ3v) is 5.69. The Hall–Kier alpha value is -2.60. The van der Waals surface area contributed by atoms with Gasteiger partial charge in [0.1, 0.15) is 11.3 Å². The van der Waals surface area contributed by atoms with E-state index in [1.54, 1.807) is 14.2 Å². The highest BCUT2D eigenvalue weighted by Crippen LogP contribution is 2.40. The van der Waals surface area contributed by atoms with Gasteiger partial charge in [-0.05, 0) is 48.8 Å². The largest absolute Gasteiger partial charge is 0.496 e. The molecule has 0 unspecified atom stereocenters. The number of carbonyl (C=O) groups is 1. The van der Waals surface area contributed by atoms with Crippen LogP contribution in [0.5, 0.6) is 5.75 Å². The Morgan fingerprint density at radius 3 is 2.62 bits per heavy atom. The summed E-state index contributed by atoms with van der Waals surface area (Å²) in [5, 5.41) is 9.38. The number of nitrogens with zero attached hydrogens (tertiary/aromatic N) is 1. The highest BCUT2D eigenvalue weighted by atomic mass is 16.5. The van der Waals surface area contributed by atoms with Crippen molar-refractivity contribution in [3.8, 4) is 17.0 Å². The molecule has 6 heteroatoms. The van der Waals surface area contributed by atoms with Gasteiger partial charge in [-0.15, -0.1) is 0 Å². The molecule has 2 heterocycles. The van der Waals surface area contributed by atoms with Crippen LogP contribution in [0.1, 0.15) is 54.2 Å². The highest BCUT2D eigenvalue weighted by Gasteiger charge is 2.29. The summed E-state index contributed by atoms with van der Waals surface area (Å²) in [4.78, 5) is 23.9. The number of hydrogen-bond donors (Lipinski definition) is 1. The fourth-order valence-corrected chi connectivity index (χ4v) is 4.11. The number of carboxylic acid groups (broad SMARTS) is 1. The van der Waals surface area contributed by atoms with E-state index in [2.05, 4.69) is 19.9 Å². The average molecular weight is 399 g/mol. The lowest BCUT2D eigenvalue weighted by molar-refractivity contribution is 0.0694. The number of hydrogen-bond acceptors (Lipinski definition) is 4. The molecule has 1 N–H and O–H groups in total. The summed E-state index contributed by atoms with van der Waals surface area (Å²) in [5.41, 5.74) is 3.36. The van der Waals surface area contributed by atoms with E-state index < -0.39 is 11.4 Å². The van der Waals surface area contributed by atoms with Crippen LogP contribution in [0.2, 0.25) is 0 Å². The predicted molar refractivity (Wildman–Crippen MR) is 112 cm³/mol. The third kappa shape index (κ3) is 4.22. The number of aromatic carboxylic acids is 1. The lowest BCUT2D eigenvalue weighted by Gasteiger charge is -2.34. The van der Waals surface area contributed by atoms with Crippen LogP contribution in [0, 0.1) is 5.92 Å². The number of unbranched alkanes of at least 4 members (excludes halogenated alkanes) is 1. The molecule has 1 aliphatic heterocycles. The molecule has 6 nitrogen and oxygen atoms in total. The molecule has 0 radical (unpaired) electrons. The molecule has 29 heavy (non-hydrogen) atoms. The van der Waals surface area contributed by atoms with Gasteiger partial charge in [0, 0.05) is 37.6 Å². The molecule has 0 amide bonds. The van der Waals surface area contributed by atoms with E-state index in [0.29, 0.717) is 5.92 Å². The molecule has 0 aliphatic carbocycles. The zero-order valence-corrected chi connectivity index (χ0v) is 17.5. The van der Waals surface area contributed by atoms with E-state index in [1.165, 1.54) is 17.8 Å². The van der Waals surface area contributed by atoms with Crippen molar-refractivity contribution in [1.82, 2.24) is 4.57 Å². The summed E-state index contributed by atoms with van der Waals surface area (Å²) in [6.45, 7) is 4.98. The van der Waals surface area contributed by atoms with E-state index in [4.69, 9.17) is 9.47 Å². The Kier molecular flexibility index (Phi) is 6.42. The van der Waals surface area contributed by atoms with Gasteiger partial charge in [0.25, 0.3) is 0 Å². The molecular formula is C23H29NO5. The third-order valence-electron chi connectivity index (χ3n) is 5.69. The molecule has 1 aromatic carbocycles. The average Bonchev–Trinajstić information content (AvgIpc) is 2.69. The van der Waals surface area contributed by atoms with E-state index in [1.807, 2.05) is 10.6 Å². The van der Waals surface area contributed by atoms with Gasteiger partial charge in [-0.2, -0.15) is 0 Å². The van der Waals surface area contributed by atoms with E-state index in [0.717, 1.165) is 54.9 Å². The Morgan fingerprint density at radius 2 is 2.00 bits per heavy atom. The summed E-state index contributed by atoms with van der Waals surface area (Å²) in [5.74, 6) is -0.105. The van der Waals surface area contributed by atoms with E-state index in [-0.39, 0.29) is 11.6 Å². The second-order valence-electron chi connectivity index (χ2n) is 7.94. The quantitative estimate of drug-likeness (QED) is 0.680. The minimum absolute atomic E-state index is 0.0888. The van der Waals surface area contributed by atoms with Crippen molar-refractivity contribution in [3.63, 3.8) is 0 Å². The Labute approximate surface area is 171 Å². The number of aryl methyl sites for hydroxylation is 1. The van der Waals surface area contributed by atoms with Gasteiger partial charge in [0.05, 0.1) is 12.8 Å². The molecule has 1 aliphatic rings. The first-order valence-electron chi connectivity index (χ1n) is 10.1. The van der Waals surface area contributed by atoms with Crippen LogP contribution in [0.4, 0.5) is 0 Å². The number of methoxy groups -OCH3 is 2. The molecule has 0 saturated carbocycles. The minimum atomic E-state index is -1.19. The number of carboxylic acids is 1. The number of benzene rings is 1. The maximum Gasteiger partial charge on any atom is 0.341 e. The summed E-state index contributed by atoms with van der Waals surface area (Å²) in [6.07, 6.45) is 5.18. The zero-order chi connectivity index (χ0) is 21.1. The van der Waals surface area contributed by atoms with Crippen LogP contribution < -0.4 is 10.2 Å². The van der Waals surface area contributed by atoms with Crippen LogP contribution in [0.3, 0.4) is 0 Å². The Bertz CT molecular complexity index is 960. The fourth-order valence-electron chi connectivity index (χ4n) is 4.11. The van der Waals surface area contributed by atoms with Crippen LogP contribution in [-0.2, 0) is 17.6 Å². The standard InChI is InChI=1S/C23H29NO5/c1-14(2)19-10-16-9-15(7-5-6-8-28-3)22(29-4)11-17(16)20-12-21(25)18(23(26)27)13-24(19)20/h9,11-14,19H,5-8,10H2,1-4H3,(H,26,27)/t19-/m1/s1. The second-order valence-corrected chi connectivity index (χ2v) is 7.94. The normalized spacial score (nSPS) is 15.1. The van der Waals surface area contributed by atoms with Gasteiger partial charge in [0.2, 0.25) is 0 Å². The molecule has 0 fully saturated rings. The summed E-state index contributed by atoms with van der Waals surface area (Å²) < 4.78 is 12.7. The summed E-state index contributed by atoms with van der Waals surface area (Å²) >= 11 is 0. The fraction of sp³-hybridized carbons (Fsp3) is 0.478. The zero-order valence-electron chi connectivity index (χ0n) is 17.5. The van der Waals surface area contributed by atoms with Gasteiger partial charge < -0.3 is 19.1 Å². The van der Waals surface area contributed by atoms with Crippen LogP contribution in [0.15, 0.2) is 29.2 Å². The summed E-state index contributed by atoms with van der Waals surface area (Å²) in [6, 6.07) is 5.72. The van der Waals surface area contributed by atoms with Crippen molar-refractivity contribution in [2.45, 2.75) is 45.6 Å². The van der Waals surface area contributed by atoms with Crippen molar-refractivity contribution in [2.24, 2.45) is 5.92 Å². The lowest BCUT2D eigenvalue weighted by atomic mass is 9.85. The van der Waals surface area contributed by atoms with Gasteiger partial charge in [-0.25, -0.2) is 4.79 Å². The molecule has 1 atom stereocenters.